The highest BCUT2D eigenvalue weighted by Gasteiger charge is 2.01. The minimum absolute atomic E-state index is 0.308. The van der Waals surface area contributed by atoms with E-state index in [9.17, 15) is 0 Å². The first-order valence-electron chi connectivity index (χ1n) is 4.11. The largest absolute Gasteiger partial charge is 0.393 e. The Morgan fingerprint density at radius 2 is 2.00 bits per heavy atom. The summed E-state index contributed by atoms with van der Waals surface area (Å²) in [7, 11) is 0. The normalized spacial score (nSPS) is 12.5. The molecular weight excluding hydrogens is 148 g/mol. The second-order valence-electron chi connectivity index (χ2n) is 3.02. The fraction of sp³-hybridized carbons (Fsp3) is 0.273. The molecule has 1 aromatic rings. The van der Waals surface area contributed by atoms with Gasteiger partial charge in [0.1, 0.15) is 0 Å². The summed E-state index contributed by atoms with van der Waals surface area (Å²) in [5.74, 6) is 0. The average molecular weight is 162 g/mol. The third kappa shape index (κ3) is 2.51. The predicted molar refractivity (Wildman–Crippen MR) is 51.8 cm³/mol. The van der Waals surface area contributed by atoms with Gasteiger partial charge in [-0.3, -0.25) is 0 Å². The van der Waals surface area contributed by atoms with Crippen molar-refractivity contribution in [1.82, 2.24) is 0 Å². The van der Waals surface area contributed by atoms with E-state index in [1.165, 1.54) is 0 Å². The molecule has 0 fully saturated rings. The topological polar surface area (TPSA) is 20.2 Å². The Kier molecular flexibility index (Phi) is 3.06. The minimum atomic E-state index is -0.308. The lowest BCUT2D eigenvalue weighted by atomic mass is 10.0. The van der Waals surface area contributed by atoms with E-state index in [0.29, 0.717) is 6.42 Å². The van der Waals surface area contributed by atoms with E-state index in [1.54, 1.807) is 6.92 Å². The maximum Gasteiger partial charge on any atom is 0.0552 e. The quantitative estimate of drug-likeness (QED) is 0.724. The predicted octanol–water partition coefficient (Wildman–Crippen LogP) is 2.47. The van der Waals surface area contributed by atoms with Crippen molar-refractivity contribution in [3.05, 3.63) is 42.5 Å². The summed E-state index contributed by atoms with van der Waals surface area (Å²) < 4.78 is 0. The average Bonchev–Trinajstić information content (AvgIpc) is 2.05. The highest BCUT2D eigenvalue weighted by atomic mass is 16.3. The second-order valence-corrected chi connectivity index (χ2v) is 3.02. The van der Waals surface area contributed by atoms with Crippen molar-refractivity contribution in [3.63, 3.8) is 0 Å². The van der Waals surface area contributed by atoms with Crippen molar-refractivity contribution < 1.29 is 5.11 Å². The fourth-order valence-corrected chi connectivity index (χ4v) is 1.15. The number of aliphatic hydroxyl groups excluding tert-OH is 1. The molecule has 0 amide bonds. The molecule has 0 aliphatic heterocycles. The SMILES string of the molecule is C=C(C[C@H](C)O)c1ccccc1. The number of rotatable bonds is 3. The van der Waals surface area contributed by atoms with Crippen LogP contribution in [0.25, 0.3) is 5.57 Å². The second kappa shape index (κ2) is 4.07. The first-order valence-corrected chi connectivity index (χ1v) is 4.11. The molecule has 1 aromatic carbocycles. The van der Waals surface area contributed by atoms with E-state index in [-0.39, 0.29) is 6.10 Å². The zero-order chi connectivity index (χ0) is 8.97. The van der Waals surface area contributed by atoms with E-state index < -0.39 is 0 Å². The van der Waals surface area contributed by atoms with Gasteiger partial charge in [-0.15, -0.1) is 0 Å². The number of aliphatic hydroxyl groups is 1. The molecule has 1 nitrogen and oxygen atoms in total. The molecule has 0 heterocycles. The molecule has 1 atom stereocenters. The Bertz CT molecular complexity index is 249. The molecule has 1 N–H and O–H groups in total. The highest BCUT2D eigenvalue weighted by molar-refractivity contribution is 5.63. The first-order chi connectivity index (χ1) is 5.70. The maximum atomic E-state index is 9.12. The van der Waals surface area contributed by atoms with Crippen LogP contribution < -0.4 is 0 Å². The van der Waals surface area contributed by atoms with Crippen LogP contribution in [0.15, 0.2) is 36.9 Å². The Morgan fingerprint density at radius 3 is 2.50 bits per heavy atom. The highest BCUT2D eigenvalue weighted by Crippen LogP contribution is 2.16. The Morgan fingerprint density at radius 1 is 1.42 bits per heavy atom. The molecule has 0 radical (unpaired) electrons. The van der Waals surface area contributed by atoms with Gasteiger partial charge in [0.25, 0.3) is 0 Å². The van der Waals surface area contributed by atoms with E-state index in [0.717, 1.165) is 11.1 Å². The monoisotopic (exact) mass is 162 g/mol. The number of hydrogen-bond acceptors (Lipinski definition) is 1. The van der Waals surface area contributed by atoms with Gasteiger partial charge in [-0.05, 0) is 24.5 Å². The molecule has 0 spiro atoms. The minimum Gasteiger partial charge on any atom is -0.393 e. The molecule has 1 heteroatoms. The van der Waals surface area contributed by atoms with E-state index in [2.05, 4.69) is 6.58 Å². The Hall–Kier alpha value is -1.08. The van der Waals surface area contributed by atoms with Crippen LogP contribution in [0.4, 0.5) is 0 Å². The Labute approximate surface area is 73.4 Å². The van der Waals surface area contributed by atoms with E-state index >= 15 is 0 Å². The first kappa shape index (κ1) is 9.01. The molecule has 0 saturated heterocycles. The van der Waals surface area contributed by atoms with Crippen LogP contribution in [-0.4, -0.2) is 11.2 Å². The zero-order valence-corrected chi connectivity index (χ0v) is 7.33. The molecule has 12 heavy (non-hydrogen) atoms. The zero-order valence-electron chi connectivity index (χ0n) is 7.33. The van der Waals surface area contributed by atoms with Crippen LogP contribution in [0, 0.1) is 0 Å². The summed E-state index contributed by atoms with van der Waals surface area (Å²) in [5, 5.41) is 9.12. The van der Waals surface area contributed by atoms with Crippen LogP contribution in [0.1, 0.15) is 18.9 Å². The van der Waals surface area contributed by atoms with Gasteiger partial charge in [0.15, 0.2) is 0 Å². The van der Waals surface area contributed by atoms with Gasteiger partial charge in [0, 0.05) is 0 Å². The molecule has 64 valence electrons. The van der Waals surface area contributed by atoms with Gasteiger partial charge < -0.3 is 5.11 Å². The lowest BCUT2D eigenvalue weighted by molar-refractivity contribution is 0.201. The summed E-state index contributed by atoms with van der Waals surface area (Å²) in [4.78, 5) is 0. The van der Waals surface area contributed by atoms with Crippen LogP contribution in [0.2, 0.25) is 0 Å². The van der Waals surface area contributed by atoms with Gasteiger partial charge >= 0.3 is 0 Å². The van der Waals surface area contributed by atoms with Crippen molar-refractivity contribution in [2.75, 3.05) is 0 Å². The lowest BCUT2D eigenvalue weighted by Gasteiger charge is -2.07. The smallest absolute Gasteiger partial charge is 0.0552 e. The molecule has 0 aromatic heterocycles. The van der Waals surface area contributed by atoms with Gasteiger partial charge in [-0.2, -0.15) is 0 Å². The fourth-order valence-electron chi connectivity index (χ4n) is 1.15. The van der Waals surface area contributed by atoms with Crippen LogP contribution in [0.3, 0.4) is 0 Å². The number of hydrogen-bond donors (Lipinski definition) is 1. The van der Waals surface area contributed by atoms with Crippen LogP contribution >= 0.6 is 0 Å². The van der Waals surface area contributed by atoms with Gasteiger partial charge in [-0.25, -0.2) is 0 Å². The van der Waals surface area contributed by atoms with Crippen molar-refractivity contribution in [2.45, 2.75) is 19.4 Å². The molecule has 1 rings (SSSR count). The van der Waals surface area contributed by atoms with Crippen molar-refractivity contribution in [1.29, 1.82) is 0 Å². The third-order valence-electron chi connectivity index (χ3n) is 1.72. The summed E-state index contributed by atoms with van der Waals surface area (Å²) in [6.07, 6.45) is 0.335. The van der Waals surface area contributed by atoms with E-state index in [1.807, 2.05) is 30.3 Å². The van der Waals surface area contributed by atoms with Gasteiger partial charge in [0.05, 0.1) is 6.10 Å². The number of benzene rings is 1. The maximum absolute atomic E-state index is 9.12. The van der Waals surface area contributed by atoms with Crippen molar-refractivity contribution in [2.24, 2.45) is 0 Å². The van der Waals surface area contributed by atoms with E-state index in [4.69, 9.17) is 5.11 Å². The summed E-state index contributed by atoms with van der Waals surface area (Å²) in [6.45, 7) is 5.68. The molecular formula is C11H14O. The molecule has 0 unspecified atom stereocenters. The van der Waals surface area contributed by atoms with Gasteiger partial charge in [-0.1, -0.05) is 36.9 Å². The molecule has 0 aliphatic rings. The molecule has 0 aliphatic carbocycles. The molecule has 0 bridgehead atoms. The Balaban J connectivity index is 2.66. The van der Waals surface area contributed by atoms with Crippen LogP contribution in [0.5, 0.6) is 0 Å². The summed E-state index contributed by atoms with van der Waals surface area (Å²) >= 11 is 0. The van der Waals surface area contributed by atoms with Gasteiger partial charge in [0.2, 0.25) is 0 Å². The van der Waals surface area contributed by atoms with Crippen molar-refractivity contribution in [3.8, 4) is 0 Å². The van der Waals surface area contributed by atoms with Crippen LogP contribution in [-0.2, 0) is 0 Å². The lowest BCUT2D eigenvalue weighted by Crippen LogP contribution is -1.99. The summed E-state index contributed by atoms with van der Waals surface area (Å²) in [5.41, 5.74) is 2.10. The standard InChI is InChI=1S/C11H14O/c1-9(8-10(2)12)11-6-4-3-5-7-11/h3-7,10,12H,1,8H2,2H3/t10-/m0/s1. The third-order valence-corrected chi connectivity index (χ3v) is 1.72. The summed E-state index contributed by atoms with van der Waals surface area (Å²) in [6, 6.07) is 9.93. The molecule has 0 saturated carbocycles. The van der Waals surface area contributed by atoms with Crippen molar-refractivity contribution >= 4 is 5.57 Å².